The zero-order valence-electron chi connectivity index (χ0n) is 11.7. The second kappa shape index (κ2) is 5.42. The van der Waals surface area contributed by atoms with Crippen molar-refractivity contribution in [1.29, 1.82) is 0 Å². The number of aromatic nitrogens is 2. The number of aliphatic hydroxyl groups excluding tert-OH is 1. The van der Waals surface area contributed by atoms with E-state index in [1.54, 1.807) is 4.68 Å². The Balaban J connectivity index is 2.18. The van der Waals surface area contributed by atoms with Crippen LogP contribution in [0.2, 0.25) is 0 Å². The van der Waals surface area contributed by atoms with E-state index in [0.717, 1.165) is 11.3 Å². The van der Waals surface area contributed by atoms with E-state index in [2.05, 4.69) is 0 Å². The largest absolute Gasteiger partial charge is 0.368 e. The normalized spacial score (nSPS) is 12.3. The van der Waals surface area contributed by atoms with E-state index in [1.165, 1.54) is 10.7 Å². The molecule has 0 fully saturated rings. The molecule has 0 amide bonds. The van der Waals surface area contributed by atoms with Crippen LogP contribution in [0.1, 0.15) is 17.5 Å². The first-order valence-corrected chi connectivity index (χ1v) is 6.78. The highest BCUT2D eigenvalue weighted by molar-refractivity contribution is 5.32. The Kier molecular flexibility index (Phi) is 3.46. The molecule has 0 spiro atoms. The Labute approximate surface area is 122 Å². The van der Waals surface area contributed by atoms with Gasteiger partial charge in [0.15, 0.2) is 6.23 Å². The van der Waals surface area contributed by atoms with Gasteiger partial charge in [0.1, 0.15) is 0 Å². The lowest BCUT2D eigenvalue weighted by Gasteiger charge is -2.19. The molecule has 1 atom stereocenters. The molecule has 4 nitrogen and oxygen atoms in total. The topological polar surface area (TPSA) is 47.2 Å². The van der Waals surface area contributed by atoms with E-state index < -0.39 is 6.23 Å². The van der Waals surface area contributed by atoms with Crippen molar-refractivity contribution in [2.24, 2.45) is 0 Å². The summed E-state index contributed by atoms with van der Waals surface area (Å²) in [5.41, 5.74) is 2.01. The zero-order valence-corrected chi connectivity index (χ0v) is 11.7. The molecular weight excluding hydrogens is 264 g/mol. The molecule has 4 heteroatoms. The first-order valence-electron chi connectivity index (χ1n) is 6.78. The van der Waals surface area contributed by atoms with Crippen molar-refractivity contribution >= 4 is 0 Å². The van der Waals surface area contributed by atoms with Crippen molar-refractivity contribution in [3.05, 3.63) is 88.3 Å². The number of aryl methyl sites for hydroxylation is 1. The van der Waals surface area contributed by atoms with Gasteiger partial charge in [0.2, 0.25) is 0 Å². The van der Waals surface area contributed by atoms with Crippen LogP contribution in [0.15, 0.2) is 71.5 Å². The Morgan fingerprint density at radius 2 is 1.52 bits per heavy atom. The molecule has 106 valence electrons. The predicted octanol–water partition coefficient (Wildman–Crippen LogP) is 2.49. The van der Waals surface area contributed by atoms with Gasteiger partial charge in [-0.3, -0.25) is 4.79 Å². The van der Waals surface area contributed by atoms with Crippen LogP contribution in [0.25, 0.3) is 5.69 Å². The molecular formula is C17H16N2O2. The van der Waals surface area contributed by atoms with Crippen molar-refractivity contribution in [3.8, 4) is 5.69 Å². The lowest BCUT2D eigenvalue weighted by molar-refractivity contribution is 0.120. The van der Waals surface area contributed by atoms with Gasteiger partial charge >= 0.3 is 0 Å². The average Bonchev–Trinajstić information content (AvgIpc) is 2.82. The minimum atomic E-state index is -0.908. The molecule has 1 unspecified atom stereocenters. The Morgan fingerprint density at radius 3 is 2.14 bits per heavy atom. The maximum atomic E-state index is 12.2. The van der Waals surface area contributed by atoms with Crippen LogP contribution in [0.4, 0.5) is 0 Å². The highest BCUT2D eigenvalue weighted by Gasteiger charge is 2.17. The molecule has 0 aliphatic heterocycles. The number of nitrogens with zero attached hydrogens (tertiary/aromatic N) is 2. The lowest BCUT2D eigenvalue weighted by atomic mass is 10.2. The lowest BCUT2D eigenvalue weighted by Crippen LogP contribution is -2.25. The fraction of sp³-hybridized carbons (Fsp3) is 0.118. The van der Waals surface area contributed by atoms with Crippen molar-refractivity contribution in [1.82, 2.24) is 9.36 Å². The molecule has 3 aromatic rings. The van der Waals surface area contributed by atoms with Crippen LogP contribution < -0.4 is 5.56 Å². The summed E-state index contributed by atoms with van der Waals surface area (Å²) in [5, 5.41) is 10.6. The van der Waals surface area contributed by atoms with Gasteiger partial charge < -0.3 is 5.11 Å². The van der Waals surface area contributed by atoms with E-state index in [9.17, 15) is 9.90 Å². The average molecular weight is 280 g/mol. The molecule has 0 aliphatic rings. The van der Waals surface area contributed by atoms with Gasteiger partial charge in [-0.05, 0) is 19.1 Å². The smallest absolute Gasteiger partial charge is 0.271 e. The SMILES string of the molecule is Cc1cc(=O)n(-c2ccccc2)n1C(O)c1ccccc1. The third kappa shape index (κ3) is 2.41. The van der Waals surface area contributed by atoms with E-state index in [4.69, 9.17) is 0 Å². The third-order valence-corrected chi connectivity index (χ3v) is 3.45. The summed E-state index contributed by atoms with van der Waals surface area (Å²) in [7, 11) is 0. The van der Waals surface area contributed by atoms with Gasteiger partial charge in [-0.15, -0.1) is 0 Å². The summed E-state index contributed by atoms with van der Waals surface area (Å²) in [6, 6.07) is 20.1. The Morgan fingerprint density at radius 1 is 0.952 bits per heavy atom. The van der Waals surface area contributed by atoms with E-state index in [-0.39, 0.29) is 5.56 Å². The number of para-hydroxylation sites is 1. The van der Waals surface area contributed by atoms with Crippen LogP contribution >= 0.6 is 0 Å². The third-order valence-electron chi connectivity index (χ3n) is 3.45. The van der Waals surface area contributed by atoms with E-state index in [0.29, 0.717) is 5.69 Å². The van der Waals surface area contributed by atoms with Crippen molar-refractivity contribution in [2.75, 3.05) is 0 Å². The van der Waals surface area contributed by atoms with Gasteiger partial charge in [-0.1, -0.05) is 48.5 Å². The molecule has 0 radical (unpaired) electrons. The predicted molar refractivity (Wildman–Crippen MR) is 81.6 cm³/mol. The summed E-state index contributed by atoms with van der Waals surface area (Å²) in [6.45, 7) is 1.81. The number of hydrogen-bond donors (Lipinski definition) is 1. The summed E-state index contributed by atoms with van der Waals surface area (Å²) in [4.78, 5) is 12.2. The molecule has 1 aromatic heterocycles. The van der Waals surface area contributed by atoms with Crippen LogP contribution in [0.5, 0.6) is 0 Å². The Bertz CT molecular complexity index is 789. The molecule has 1 N–H and O–H groups in total. The highest BCUT2D eigenvalue weighted by Crippen LogP contribution is 2.18. The number of rotatable bonds is 3. The summed E-state index contributed by atoms with van der Waals surface area (Å²) in [5.74, 6) is 0. The van der Waals surface area contributed by atoms with Gasteiger partial charge in [-0.2, -0.15) is 0 Å². The molecule has 0 bridgehead atoms. The molecule has 0 saturated carbocycles. The zero-order chi connectivity index (χ0) is 14.8. The summed E-state index contributed by atoms with van der Waals surface area (Å²) in [6.07, 6.45) is -0.908. The molecule has 21 heavy (non-hydrogen) atoms. The van der Waals surface area contributed by atoms with Gasteiger partial charge in [0, 0.05) is 17.3 Å². The van der Waals surface area contributed by atoms with Gasteiger partial charge in [0.25, 0.3) is 5.56 Å². The Hall–Kier alpha value is -2.59. The van der Waals surface area contributed by atoms with Crippen LogP contribution in [-0.4, -0.2) is 14.5 Å². The molecule has 2 aromatic carbocycles. The van der Waals surface area contributed by atoms with Crippen molar-refractivity contribution in [2.45, 2.75) is 13.2 Å². The van der Waals surface area contributed by atoms with Crippen LogP contribution in [0.3, 0.4) is 0 Å². The first-order chi connectivity index (χ1) is 10.2. The molecule has 0 saturated heterocycles. The summed E-state index contributed by atoms with van der Waals surface area (Å²) < 4.78 is 3.10. The molecule has 1 heterocycles. The molecule has 0 aliphatic carbocycles. The highest BCUT2D eigenvalue weighted by atomic mass is 16.3. The van der Waals surface area contributed by atoms with Gasteiger partial charge in [0.05, 0.1) is 5.69 Å². The molecule has 3 rings (SSSR count). The maximum Gasteiger partial charge on any atom is 0.271 e. The minimum Gasteiger partial charge on any atom is -0.368 e. The van der Waals surface area contributed by atoms with Crippen molar-refractivity contribution < 1.29 is 5.11 Å². The quantitative estimate of drug-likeness (QED) is 0.801. The second-order valence-electron chi connectivity index (χ2n) is 4.90. The first kappa shape index (κ1) is 13.4. The van der Waals surface area contributed by atoms with E-state index >= 15 is 0 Å². The number of aliphatic hydroxyl groups is 1. The maximum absolute atomic E-state index is 12.2. The van der Waals surface area contributed by atoms with Crippen LogP contribution in [-0.2, 0) is 0 Å². The standard InChI is InChI=1S/C17H16N2O2/c1-13-12-16(20)19(15-10-6-3-7-11-15)18(13)17(21)14-8-4-2-5-9-14/h2-12,17,21H,1H3. The van der Waals surface area contributed by atoms with Crippen LogP contribution in [0, 0.1) is 6.92 Å². The fourth-order valence-corrected chi connectivity index (χ4v) is 2.46. The van der Waals surface area contributed by atoms with Crippen molar-refractivity contribution in [3.63, 3.8) is 0 Å². The number of hydrogen-bond acceptors (Lipinski definition) is 2. The second-order valence-corrected chi connectivity index (χ2v) is 4.90. The number of benzene rings is 2. The van der Waals surface area contributed by atoms with Gasteiger partial charge in [-0.25, -0.2) is 9.36 Å². The van der Waals surface area contributed by atoms with E-state index in [1.807, 2.05) is 67.6 Å². The summed E-state index contributed by atoms with van der Waals surface area (Å²) >= 11 is 0. The fourth-order valence-electron chi connectivity index (χ4n) is 2.46. The minimum absolute atomic E-state index is 0.159. The monoisotopic (exact) mass is 280 g/mol.